The molecule has 46 valence electrons. The van der Waals surface area contributed by atoms with Crippen molar-refractivity contribution < 1.29 is 9.90 Å². The highest BCUT2D eigenvalue weighted by Crippen LogP contribution is 1.83. The molecular formula is C4H7NO2S. The summed E-state index contributed by atoms with van der Waals surface area (Å²) in [7, 11) is 0. The third-order valence-corrected chi connectivity index (χ3v) is 0.878. The maximum absolute atomic E-state index is 10.2. The lowest BCUT2D eigenvalue weighted by Crippen LogP contribution is -2.32. The number of nitrogens with two attached hydrogens (primary N) is 1. The lowest BCUT2D eigenvalue weighted by molar-refractivity contribution is -0.121. The standard InChI is InChI=1S/C4H7NO2S/c1-2(6)3(7)4(5)8/h3,7H,1H3,(H2,5,8). The molecule has 0 saturated heterocycles. The number of rotatable bonds is 2. The first-order chi connectivity index (χ1) is 3.55. The summed E-state index contributed by atoms with van der Waals surface area (Å²) in [5, 5.41) is 8.59. The van der Waals surface area contributed by atoms with Crippen LogP contribution in [0.1, 0.15) is 6.92 Å². The van der Waals surface area contributed by atoms with Gasteiger partial charge < -0.3 is 10.8 Å². The molecule has 1 unspecified atom stereocenters. The van der Waals surface area contributed by atoms with Crippen LogP contribution in [0.4, 0.5) is 0 Å². The van der Waals surface area contributed by atoms with Crippen molar-refractivity contribution in [2.75, 3.05) is 0 Å². The second-order valence-corrected chi connectivity index (χ2v) is 1.89. The molecule has 0 aromatic rings. The van der Waals surface area contributed by atoms with Crippen molar-refractivity contribution in [1.29, 1.82) is 0 Å². The summed E-state index contributed by atoms with van der Waals surface area (Å²) < 4.78 is 0. The van der Waals surface area contributed by atoms with E-state index in [1.165, 1.54) is 6.92 Å². The van der Waals surface area contributed by atoms with E-state index in [4.69, 9.17) is 10.8 Å². The number of hydrogen-bond donors (Lipinski definition) is 2. The van der Waals surface area contributed by atoms with Gasteiger partial charge in [-0.1, -0.05) is 12.2 Å². The minimum Gasteiger partial charge on any atom is -0.391 e. The van der Waals surface area contributed by atoms with Crippen LogP contribution in [-0.2, 0) is 4.79 Å². The first-order valence-corrected chi connectivity index (χ1v) is 2.44. The SMILES string of the molecule is CC(=O)C(O)C(N)=S. The van der Waals surface area contributed by atoms with Crippen LogP contribution < -0.4 is 5.73 Å². The molecule has 0 heterocycles. The van der Waals surface area contributed by atoms with Gasteiger partial charge in [0.15, 0.2) is 11.9 Å². The highest BCUT2D eigenvalue weighted by atomic mass is 32.1. The molecule has 0 radical (unpaired) electrons. The molecule has 0 amide bonds. The Morgan fingerprint density at radius 3 is 2.25 bits per heavy atom. The summed E-state index contributed by atoms with van der Waals surface area (Å²) in [4.78, 5) is 10.00. The molecule has 0 saturated carbocycles. The number of aliphatic hydroxyl groups is 1. The van der Waals surface area contributed by atoms with Gasteiger partial charge in [-0.15, -0.1) is 0 Å². The predicted octanol–water partition coefficient (Wildman–Crippen LogP) is -0.778. The highest BCUT2D eigenvalue weighted by Gasteiger charge is 2.10. The predicted molar refractivity (Wildman–Crippen MR) is 33.5 cm³/mol. The fourth-order valence-corrected chi connectivity index (χ4v) is 0.366. The summed E-state index contributed by atoms with van der Waals surface area (Å²) in [6.45, 7) is 1.23. The lowest BCUT2D eigenvalue weighted by Gasteiger charge is -2.00. The van der Waals surface area contributed by atoms with Crippen molar-refractivity contribution >= 4 is 23.0 Å². The van der Waals surface area contributed by atoms with E-state index in [1.54, 1.807) is 0 Å². The van der Waals surface area contributed by atoms with Crippen LogP contribution in [-0.4, -0.2) is 22.0 Å². The molecule has 3 N–H and O–H groups in total. The van der Waals surface area contributed by atoms with Crippen molar-refractivity contribution in [3.63, 3.8) is 0 Å². The Hall–Kier alpha value is -0.480. The van der Waals surface area contributed by atoms with Crippen LogP contribution >= 0.6 is 12.2 Å². The molecule has 3 nitrogen and oxygen atoms in total. The van der Waals surface area contributed by atoms with Crippen molar-refractivity contribution in [1.82, 2.24) is 0 Å². The van der Waals surface area contributed by atoms with Gasteiger partial charge in [-0.05, 0) is 6.92 Å². The van der Waals surface area contributed by atoms with E-state index in [9.17, 15) is 4.79 Å². The average Bonchev–Trinajstić information content (AvgIpc) is 1.64. The quantitative estimate of drug-likeness (QED) is 0.485. The molecule has 8 heavy (non-hydrogen) atoms. The third-order valence-electron chi connectivity index (χ3n) is 0.655. The number of hydrogen-bond acceptors (Lipinski definition) is 3. The first-order valence-electron chi connectivity index (χ1n) is 2.03. The second-order valence-electron chi connectivity index (χ2n) is 1.42. The Balaban J connectivity index is 3.83. The molecule has 0 spiro atoms. The molecule has 0 aliphatic heterocycles. The fraction of sp³-hybridized carbons (Fsp3) is 0.500. The number of thiocarbonyl (C=S) groups is 1. The molecule has 0 rings (SSSR count). The molecule has 0 aliphatic rings. The third kappa shape index (κ3) is 1.99. The molecule has 1 atom stereocenters. The Morgan fingerprint density at radius 2 is 2.25 bits per heavy atom. The Morgan fingerprint density at radius 1 is 1.88 bits per heavy atom. The number of aliphatic hydroxyl groups excluding tert-OH is 1. The molecular weight excluding hydrogens is 126 g/mol. The van der Waals surface area contributed by atoms with Crippen LogP contribution in [0.25, 0.3) is 0 Å². The minimum atomic E-state index is -1.26. The number of Topliss-reactive ketones (excluding diaryl/α,β-unsaturated/α-hetero) is 1. The van der Waals surface area contributed by atoms with Gasteiger partial charge in [0.05, 0.1) is 0 Å². The van der Waals surface area contributed by atoms with E-state index in [-0.39, 0.29) is 4.99 Å². The first kappa shape index (κ1) is 7.52. The van der Waals surface area contributed by atoms with E-state index in [0.717, 1.165) is 0 Å². The highest BCUT2D eigenvalue weighted by molar-refractivity contribution is 7.80. The maximum Gasteiger partial charge on any atom is 0.165 e. The van der Waals surface area contributed by atoms with Crippen LogP contribution in [0.2, 0.25) is 0 Å². The maximum atomic E-state index is 10.2. The summed E-state index contributed by atoms with van der Waals surface area (Å²) in [5.41, 5.74) is 4.90. The zero-order valence-electron chi connectivity index (χ0n) is 4.42. The van der Waals surface area contributed by atoms with E-state index >= 15 is 0 Å². The van der Waals surface area contributed by atoms with Crippen LogP contribution in [0.3, 0.4) is 0 Å². The molecule has 0 aromatic heterocycles. The van der Waals surface area contributed by atoms with Gasteiger partial charge in [0.2, 0.25) is 0 Å². The smallest absolute Gasteiger partial charge is 0.165 e. The van der Waals surface area contributed by atoms with Gasteiger partial charge in [-0.3, -0.25) is 4.79 Å². The summed E-state index contributed by atoms with van der Waals surface area (Å²) >= 11 is 4.30. The van der Waals surface area contributed by atoms with Crippen LogP contribution in [0.15, 0.2) is 0 Å². The zero-order valence-corrected chi connectivity index (χ0v) is 5.23. The molecule has 4 heteroatoms. The monoisotopic (exact) mass is 133 g/mol. The van der Waals surface area contributed by atoms with Crippen molar-refractivity contribution in [3.05, 3.63) is 0 Å². The average molecular weight is 133 g/mol. The Labute approximate surface area is 52.5 Å². The summed E-state index contributed by atoms with van der Waals surface area (Å²) in [6.07, 6.45) is -1.26. The van der Waals surface area contributed by atoms with Crippen LogP contribution in [0, 0.1) is 0 Å². The van der Waals surface area contributed by atoms with E-state index in [1.807, 2.05) is 0 Å². The van der Waals surface area contributed by atoms with Gasteiger partial charge >= 0.3 is 0 Å². The fourth-order valence-electron chi connectivity index (χ4n) is 0.200. The van der Waals surface area contributed by atoms with E-state index in [0.29, 0.717) is 0 Å². The van der Waals surface area contributed by atoms with E-state index < -0.39 is 11.9 Å². The normalized spacial score (nSPS) is 12.8. The zero-order chi connectivity index (χ0) is 6.73. The molecule has 0 aromatic carbocycles. The largest absolute Gasteiger partial charge is 0.391 e. The summed E-state index contributed by atoms with van der Waals surface area (Å²) in [5.74, 6) is -0.419. The van der Waals surface area contributed by atoms with Crippen molar-refractivity contribution in [2.24, 2.45) is 5.73 Å². The van der Waals surface area contributed by atoms with Gasteiger partial charge in [0, 0.05) is 0 Å². The Kier molecular flexibility index (Phi) is 2.57. The van der Waals surface area contributed by atoms with Crippen molar-refractivity contribution in [3.8, 4) is 0 Å². The second kappa shape index (κ2) is 2.74. The van der Waals surface area contributed by atoms with Gasteiger partial charge in [-0.25, -0.2) is 0 Å². The van der Waals surface area contributed by atoms with Gasteiger partial charge in [0.25, 0.3) is 0 Å². The summed E-state index contributed by atoms with van der Waals surface area (Å²) in [6, 6.07) is 0. The van der Waals surface area contributed by atoms with Crippen molar-refractivity contribution in [2.45, 2.75) is 13.0 Å². The van der Waals surface area contributed by atoms with E-state index in [2.05, 4.69) is 12.2 Å². The molecule has 0 fully saturated rings. The lowest BCUT2D eigenvalue weighted by atomic mass is 10.3. The number of carbonyl (C=O) groups excluding carboxylic acids is 1. The van der Waals surface area contributed by atoms with Gasteiger partial charge in [-0.2, -0.15) is 0 Å². The minimum absolute atomic E-state index is 0.169. The number of ketones is 1. The Bertz CT molecular complexity index is 109. The molecule has 0 aliphatic carbocycles. The number of carbonyl (C=O) groups is 1. The van der Waals surface area contributed by atoms with Crippen LogP contribution in [0.5, 0.6) is 0 Å². The molecule has 0 bridgehead atoms. The topological polar surface area (TPSA) is 63.3 Å². The van der Waals surface area contributed by atoms with Gasteiger partial charge in [0.1, 0.15) is 4.99 Å².